The summed E-state index contributed by atoms with van der Waals surface area (Å²) in [7, 11) is 0. The van der Waals surface area contributed by atoms with Crippen LogP contribution in [0, 0.1) is 0 Å². The Bertz CT molecular complexity index is 964. The molecular weight excluding hydrogens is 376 g/mol. The van der Waals surface area contributed by atoms with Crippen LogP contribution in [0.3, 0.4) is 0 Å². The summed E-state index contributed by atoms with van der Waals surface area (Å²) in [5, 5.41) is 14.2. The second kappa shape index (κ2) is 10.7. The number of aromatic carboxylic acids is 1. The van der Waals surface area contributed by atoms with E-state index in [1.54, 1.807) is 12.3 Å². The van der Waals surface area contributed by atoms with E-state index >= 15 is 0 Å². The lowest BCUT2D eigenvalue weighted by atomic mass is 10.0. The fourth-order valence-electron chi connectivity index (χ4n) is 3.49. The second-order valence-electron chi connectivity index (χ2n) is 7.59. The number of unbranched alkanes of at least 4 members (excludes halogenated alkanes) is 3. The minimum Gasteiger partial charge on any atom is -0.478 e. The van der Waals surface area contributed by atoms with Gasteiger partial charge in [-0.15, -0.1) is 0 Å². The van der Waals surface area contributed by atoms with E-state index in [0.29, 0.717) is 12.1 Å². The molecule has 0 fully saturated rings. The number of carboxylic acids is 1. The number of hydrogen-bond acceptors (Lipinski definition) is 4. The molecule has 0 aliphatic carbocycles. The Morgan fingerprint density at radius 3 is 2.47 bits per heavy atom. The largest absolute Gasteiger partial charge is 0.478 e. The highest BCUT2D eigenvalue weighted by Crippen LogP contribution is 2.24. The second-order valence-corrected chi connectivity index (χ2v) is 7.59. The van der Waals surface area contributed by atoms with E-state index in [4.69, 9.17) is 10.1 Å². The number of aromatic nitrogens is 4. The van der Waals surface area contributed by atoms with Crippen molar-refractivity contribution in [1.29, 1.82) is 0 Å². The van der Waals surface area contributed by atoms with E-state index in [1.807, 2.05) is 28.9 Å². The Morgan fingerprint density at radius 2 is 1.77 bits per heavy atom. The molecule has 6 nitrogen and oxygen atoms in total. The molecule has 3 aromatic rings. The number of benzene rings is 1. The highest BCUT2D eigenvalue weighted by molar-refractivity contribution is 5.95. The van der Waals surface area contributed by atoms with Crippen LogP contribution in [0.5, 0.6) is 0 Å². The quantitative estimate of drug-likeness (QED) is 0.445. The lowest BCUT2D eigenvalue weighted by Gasteiger charge is -2.09. The van der Waals surface area contributed by atoms with Crippen molar-refractivity contribution in [3.63, 3.8) is 0 Å². The van der Waals surface area contributed by atoms with E-state index in [9.17, 15) is 9.90 Å². The molecular formula is C24H30N4O2. The maximum Gasteiger partial charge on any atom is 0.337 e. The molecule has 0 unspecified atom stereocenters. The smallest absolute Gasteiger partial charge is 0.337 e. The Balaban J connectivity index is 1.78. The van der Waals surface area contributed by atoms with Gasteiger partial charge in [0.15, 0.2) is 5.82 Å². The number of pyridine rings is 1. The topological polar surface area (TPSA) is 80.9 Å². The van der Waals surface area contributed by atoms with Crippen LogP contribution in [0.25, 0.3) is 11.1 Å². The van der Waals surface area contributed by atoms with Crippen molar-refractivity contribution < 1.29 is 9.90 Å². The van der Waals surface area contributed by atoms with Gasteiger partial charge in [0, 0.05) is 25.2 Å². The van der Waals surface area contributed by atoms with E-state index in [2.05, 4.69) is 18.8 Å². The van der Waals surface area contributed by atoms with Gasteiger partial charge < -0.3 is 5.11 Å². The van der Waals surface area contributed by atoms with Gasteiger partial charge in [-0.05, 0) is 35.6 Å². The first-order chi connectivity index (χ1) is 14.6. The molecule has 1 N–H and O–H groups in total. The van der Waals surface area contributed by atoms with Crippen LogP contribution in [0.4, 0.5) is 0 Å². The van der Waals surface area contributed by atoms with Crippen molar-refractivity contribution in [2.75, 3.05) is 0 Å². The Labute approximate surface area is 178 Å². The third-order valence-corrected chi connectivity index (χ3v) is 5.20. The summed E-state index contributed by atoms with van der Waals surface area (Å²) in [6, 6.07) is 9.72. The molecule has 0 aliphatic rings. The predicted molar refractivity (Wildman–Crippen MR) is 118 cm³/mol. The minimum absolute atomic E-state index is 0.208. The monoisotopic (exact) mass is 406 g/mol. The molecule has 0 radical (unpaired) electrons. The van der Waals surface area contributed by atoms with Crippen LogP contribution >= 0.6 is 0 Å². The van der Waals surface area contributed by atoms with E-state index < -0.39 is 5.97 Å². The number of hydrogen-bond donors (Lipinski definition) is 1. The fraction of sp³-hybridized carbons (Fsp3) is 0.417. The van der Waals surface area contributed by atoms with E-state index in [-0.39, 0.29) is 5.56 Å². The predicted octanol–water partition coefficient (Wildman–Crippen LogP) is 5.16. The lowest BCUT2D eigenvalue weighted by Crippen LogP contribution is -2.07. The summed E-state index contributed by atoms with van der Waals surface area (Å²) in [6.45, 7) is 5.06. The molecule has 0 bridgehead atoms. The van der Waals surface area contributed by atoms with Crippen molar-refractivity contribution in [1.82, 2.24) is 19.7 Å². The van der Waals surface area contributed by atoms with Gasteiger partial charge in [0.1, 0.15) is 5.82 Å². The summed E-state index contributed by atoms with van der Waals surface area (Å²) < 4.78 is 2.03. The molecule has 0 amide bonds. The molecule has 3 rings (SSSR count). The lowest BCUT2D eigenvalue weighted by molar-refractivity contribution is 0.0697. The van der Waals surface area contributed by atoms with Gasteiger partial charge in [-0.2, -0.15) is 5.10 Å². The van der Waals surface area contributed by atoms with Gasteiger partial charge in [0.25, 0.3) is 0 Å². The van der Waals surface area contributed by atoms with Gasteiger partial charge in [-0.3, -0.25) is 4.98 Å². The molecule has 6 heteroatoms. The van der Waals surface area contributed by atoms with Crippen molar-refractivity contribution in [3.8, 4) is 11.1 Å². The summed E-state index contributed by atoms with van der Waals surface area (Å²) in [6.07, 6.45) is 10.6. The zero-order chi connectivity index (χ0) is 21.3. The molecule has 0 atom stereocenters. The highest BCUT2D eigenvalue weighted by atomic mass is 16.4. The molecule has 158 valence electrons. The maximum atomic E-state index is 11.5. The number of nitrogens with zero attached hydrogens (tertiary/aromatic N) is 4. The molecule has 0 saturated carbocycles. The average Bonchev–Trinajstić information content (AvgIpc) is 3.14. The molecule has 30 heavy (non-hydrogen) atoms. The Morgan fingerprint density at radius 1 is 1.00 bits per heavy atom. The molecule has 0 saturated heterocycles. The first kappa shape index (κ1) is 21.7. The van der Waals surface area contributed by atoms with Crippen LogP contribution in [0.1, 0.15) is 73.5 Å². The van der Waals surface area contributed by atoms with Gasteiger partial charge in [-0.25, -0.2) is 14.5 Å². The first-order valence-corrected chi connectivity index (χ1v) is 10.8. The average molecular weight is 407 g/mol. The third-order valence-electron chi connectivity index (χ3n) is 5.20. The van der Waals surface area contributed by atoms with Crippen LogP contribution in [0.15, 0.2) is 42.7 Å². The van der Waals surface area contributed by atoms with Crippen LogP contribution in [-0.4, -0.2) is 30.8 Å². The number of carbonyl (C=O) groups is 1. The summed E-state index contributed by atoms with van der Waals surface area (Å²) >= 11 is 0. The van der Waals surface area contributed by atoms with Gasteiger partial charge >= 0.3 is 5.97 Å². The SMILES string of the molecule is CCCCCc1nc(CCCC)n(Cc2ccc(-c3ccncc3C(=O)O)cc2)n1. The Hall–Kier alpha value is -3.02. The summed E-state index contributed by atoms with van der Waals surface area (Å²) in [4.78, 5) is 20.2. The van der Waals surface area contributed by atoms with Crippen LogP contribution in [-0.2, 0) is 19.4 Å². The van der Waals surface area contributed by atoms with E-state index in [0.717, 1.165) is 54.9 Å². The maximum absolute atomic E-state index is 11.5. The van der Waals surface area contributed by atoms with Crippen molar-refractivity contribution in [2.45, 2.75) is 65.3 Å². The standard InChI is InChI=1S/C24H30N4O2/c1-3-5-7-8-22-26-23(9-6-4-2)28(27-22)17-18-10-12-19(13-11-18)20-14-15-25-16-21(20)24(29)30/h10-16H,3-9,17H2,1-2H3,(H,29,30). The van der Waals surface area contributed by atoms with Crippen molar-refractivity contribution >= 4 is 5.97 Å². The first-order valence-electron chi connectivity index (χ1n) is 10.8. The normalized spacial score (nSPS) is 11.0. The summed E-state index contributed by atoms with van der Waals surface area (Å²) in [5.74, 6) is 1.02. The van der Waals surface area contributed by atoms with E-state index in [1.165, 1.54) is 19.0 Å². The van der Waals surface area contributed by atoms with Gasteiger partial charge in [-0.1, -0.05) is 57.4 Å². The molecule has 0 aliphatic heterocycles. The zero-order valence-corrected chi connectivity index (χ0v) is 17.8. The molecule has 2 heterocycles. The summed E-state index contributed by atoms with van der Waals surface area (Å²) in [5.41, 5.74) is 2.86. The Kier molecular flexibility index (Phi) is 7.71. The molecule has 1 aromatic carbocycles. The van der Waals surface area contributed by atoms with Crippen LogP contribution < -0.4 is 0 Å². The number of carboxylic acid groups (broad SMARTS) is 1. The van der Waals surface area contributed by atoms with Crippen molar-refractivity contribution in [3.05, 3.63) is 65.5 Å². The van der Waals surface area contributed by atoms with Gasteiger partial charge in [0.05, 0.1) is 12.1 Å². The van der Waals surface area contributed by atoms with Crippen molar-refractivity contribution in [2.24, 2.45) is 0 Å². The molecule has 0 spiro atoms. The van der Waals surface area contributed by atoms with Crippen LogP contribution in [0.2, 0.25) is 0 Å². The fourth-order valence-corrected chi connectivity index (χ4v) is 3.49. The van der Waals surface area contributed by atoms with Gasteiger partial charge in [0.2, 0.25) is 0 Å². The third kappa shape index (κ3) is 5.53. The highest BCUT2D eigenvalue weighted by Gasteiger charge is 2.13. The molecule has 2 aromatic heterocycles. The minimum atomic E-state index is -0.971. The number of rotatable bonds is 11. The number of aryl methyl sites for hydroxylation is 2. The zero-order valence-electron chi connectivity index (χ0n) is 17.8.